The summed E-state index contributed by atoms with van der Waals surface area (Å²) in [6.45, 7) is 0. The van der Waals surface area contributed by atoms with Gasteiger partial charge in [-0.15, -0.1) is 0 Å². The van der Waals surface area contributed by atoms with Crippen LogP contribution in [0.2, 0.25) is 0 Å². The lowest BCUT2D eigenvalue weighted by atomic mass is 9.87. The van der Waals surface area contributed by atoms with Crippen LogP contribution in [0.5, 0.6) is 0 Å². The van der Waals surface area contributed by atoms with E-state index in [0.29, 0.717) is 23.6 Å². The number of H-pyrrole nitrogens is 1. The zero-order valence-electron chi connectivity index (χ0n) is 16.9. The van der Waals surface area contributed by atoms with Crippen LogP contribution in [0.3, 0.4) is 0 Å². The predicted molar refractivity (Wildman–Crippen MR) is 115 cm³/mol. The summed E-state index contributed by atoms with van der Waals surface area (Å²) >= 11 is 0. The Morgan fingerprint density at radius 3 is 2.87 bits per heavy atom. The molecule has 0 spiro atoms. The zero-order valence-corrected chi connectivity index (χ0v) is 16.9. The maximum atomic E-state index is 12.6. The monoisotopic (exact) mass is 404 g/mol. The van der Waals surface area contributed by atoms with Crippen LogP contribution in [-0.4, -0.2) is 32.8 Å². The minimum atomic E-state index is -0.296. The van der Waals surface area contributed by atoms with Crippen LogP contribution in [0, 0.1) is 5.92 Å². The number of benzene rings is 1. The molecule has 0 saturated heterocycles. The van der Waals surface area contributed by atoms with Gasteiger partial charge in [0.05, 0.1) is 23.7 Å². The Hall–Kier alpha value is -3.42. The standard InChI is InChI=1S/C22H24N6O2/c1-28-12-14(10-24-28)21-17-11-23-27-22(30)16-8-15(9-18(26-21)20(16)17)25-19(29)7-13-5-3-2-4-6-13/h8-13,26H,2-7H2,1H3,(H,25,29)(H,27,30). The number of rotatable bonds is 4. The average molecular weight is 404 g/mol. The number of hydrogen-bond acceptors (Lipinski definition) is 4. The van der Waals surface area contributed by atoms with Gasteiger partial charge in [-0.05, 0) is 30.9 Å². The van der Waals surface area contributed by atoms with Crippen molar-refractivity contribution in [3.8, 4) is 11.3 Å². The molecule has 154 valence electrons. The summed E-state index contributed by atoms with van der Waals surface area (Å²) in [5.74, 6) is 0.156. The van der Waals surface area contributed by atoms with Crippen molar-refractivity contribution in [1.82, 2.24) is 20.2 Å². The van der Waals surface area contributed by atoms with Crippen LogP contribution < -0.4 is 10.7 Å². The minimum absolute atomic E-state index is 0.00186. The number of aryl methyl sites for hydroxylation is 1. The van der Waals surface area contributed by atoms with Gasteiger partial charge in [-0.2, -0.15) is 10.2 Å². The van der Waals surface area contributed by atoms with Gasteiger partial charge in [0.2, 0.25) is 5.91 Å². The van der Waals surface area contributed by atoms with Crippen LogP contribution in [0.1, 0.15) is 54.4 Å². The number of amides is 2. The molecule has 0 bridgehead atoms. The second kappa shape index (κ2) is 7.44. The van der Waals surface area contributed by atoms with Gasteiger partial charge in [-0.25, -0.2) is 5.43 Å². The second-order valence-electron chi connectivity index (χ2n) is 8.22. The molecule has 2 amide bonds. The maximum Gasteiger partial charge on any atom is 0.272 e. The molecule has 2 aliphatic rings. The van der Waals surface area contributed by atoms with Crippen molar-refractivity contribution in [3.63, 3.8) is 0 Å². The van der Waals surface area contributed by atoms with Crippen LogP contribution in [-0.2, 0) is 11.8 Å². The molecule has 8 heteroatoms. The van der Waals surface area contributed by atoms with Crippen molar-refractivity contribution in [2.75, 3.05) is 5.32 Å². The van der Waals surface area contributed by atoms with Gasteiger partial charge in [0, 0.05) is 47.4 Å². The van der Waals surface area contributed by atoms with Crippen LogP contribution in [0.4, 0.5) is 5.69 Å². The topological polar surface area (TPSA) is 104 Å². The number of aromatic nitrogens is 3. The largest absolute Gasteiger partial charge is 0.354 e. The molecule has 1 saturated carbocycles. The fourth-order valence-electron chi connectivity index (χ4n) is 4.60. The summed E-state index contributed by atoms with van der Waals surface area (Å²) < 4.78 is 1.72. The number of carbonyl (C=O) groups excluding carboxylic acids is 2. The summed E-state index contributed by atoms with van der Waals surface area (Å²) in [7, 11) is 1.86. The van der Waals surface area contributed by atoms with Gasteiger partial charge in [-0.1, -0.05) is 19.3 Å². The summed E-state index contributed by atoms with van der Waals surface area (Å²) in [5, 5.41) is 12.1. The average Bonchev–Trinajstić information content (AvgIpc) is 3.26. The molecule has 0 atom stereocenters. The molecule has 1 aliphatic heterocycles. The lowest BCUT2D eigenvalue weighted by Crippen LogP contribution is -2.19. The first-order chi connectivity index (χ1) is 14.6. The second-order valence-corrected chi connectivity index (χ2v) is 8.22. The third kappa shape index (κ3) is 3.38. The maximum absolute atomic E-state index is 12.6. The van der Waals surface area contributed by atoms with Gasteiger partial charge < -0.3 is 10.3 Å². The number of hydrazone groups is 1. The Kier molecular flexibility index (Phi) is 4.61. The molecule has 3 aromatic rings. The number of aromatic amines is 1. The molecular weight excluding hydrogens is 380 g/mol. The Morgan fingerprint density at radius 2 is 2.10 bits per heavy atom. The Morgan fingerprint density at radius 1 is 1.27 bits per heavy atom. The number of anilines is 1. The van der Waals surface area contributed by atoms with E-state index in [0.717, 1.165) is 40.6 Å². The molecule has 30 heavy (non-hydrogen) atoms. The third-order valence-electron chi connectivity index (χ3n) is 6.02. The number of nitrogens with zero attached hydrogens (tertiary/aromatic N) is 3. The van der Waals surface area contributed by atoms with Crippen molar-refractivity contribution in [2.45, 2.75) is 38.5 Å². The van der Waals surface area contributed by atoms with E-state index < -0.39 is 0 Å². The Balaban J connectivity index is 1.52. The fourth-order valence-corrected chi connectivity index (χ4v) is 4.60. The van der Waals surface area contributed by atoms with Crippen LogP contribution in [0.15, 0.2) is 29.6 Å². The van der Waals surface area contributed by atoms with E-state index in [9.17, 15) is 9.59 Å². The van der Waals surface area contributed by atoms with E-state index in [2.05, 4.69) is 25.9 Å². The van der Waals surface area contributed by atoms with Gasteiger partial charge in [0.15, 0.2) is 0 Å². The van der Waals surface area contributed by atoms with Crippen LogP contribution >= 0.6 is 0 Å². The highest BCUT2D eigenvalue weighted by Gasteiger charge is 2.23. The fraction of sp³-hybridized carbons (Fsp3) is 0.364. The lowest BCUT2D eigenvalue weighted by molar-refractivity contribution is -0.117. The van der Waals surface area contributed by atoms with E-state index in [1.165, 1.54) is 19.3 Å². The number of carbonyl (C=O) groups is 2. The molecule has 5 rings (SSSR count). The van der Waals surface area contributed by atoms with Crippen molar-refractivity contribution < 1.29 is 9.59 Å². The molecule has 2 aromatic heterocycles. The van der Waals surface area contributed by atoms with Gasteiger partial charge in [-0.3, -0.25) is 14.3 Å². The molecule has 0 radical (unpaired) electrons. The van der Waals surface area contributed by atoms with Crippen molar-refractivity contribution in [1.29, 1.82) is 0 Å². The predicted octanol–water partition coefficient (Wildman–Crippen LogP) is 3.55. The van der Waals surface area contributed by atoms with E-state index >= 15 is 0 Å². The number of hydrogen-bond donors (Lipinski definition) is 3. The SMILES string of the molecule is Cn1cc(-c2[nH]c3cc(NC(=O)CC4CCCCC4)cc4c3c2C=NNC4=O)cn1. The summed E-state index contributed by atoms with van der Waals surface area (Å²) in [6, 6.07) is 3.61. The molecule has 1 aliphatic carbocycles. The number of nitrogens with one attached hydrogen (secondary N) is 3. The zero-order chi connectivity index (χ0) is 20.7. The van der Waals surface area contributed by atoms with Gasteiger partial charge >= 0.3 is 0 Å². The van der Waals surface area contributed by atoms with Crippen molar-refractivity contribution >= 4 is 34.6 Å². The summed E-state index contributed by atoms with van der Waals surface area (Å²) in [5.41, 5.74) is 6.99. The van der Waals surface area contributed by atoms with Gasteiger partial charge in [0.25, 0.3) is 5.91 Å². The van der Waals surface area contributed by atoms with E-state index in [1.54, 1.807) is 23.2 Å². The summed E-state index contributed by atoms with van der Waals surface area (Å²) in [6.07, 6.45) is 11.8. The molecular formula is C22H24N6O2. The molecule has 3 N–H and O–H groups in total. The lowest BCUT2D eigenvalue weighted by Gasteiger charge is -2.20. The first kappa shape index (κ1) is 18.6. The van der Waals surface area contributed by atoms with E-state index in [4.69, 9.17) is 0 Å². The van der Waals surface area contributed by atoms with Crippen molar-refractivity contribution in [3.05, 3.63) is 35.7 Å². The highest BCUT2D eigenvalue weighted by Crippen LogP contribution is 2.34. The highest BCUT2D eigenvalue weighted by molar-refractivity contribution is 6.18. The molecule has 8 nitrogen and oxygen atoms in total. The minimum Gasteiger partial charge on any atom is -0.354 e. The Labute approximate surface area is 173 Å². The molecule has 1 aromatic carbocycles. The summed E-state index contributed by atoms with van der Waals surface area (Å²) in [4.78, 5) is 28.6. The van der Waals surface area contributed by atoms with Crippen LogP contribution in [0.25, 0.3) is 22.2 Å². The Bertz CT molecular complexity index is 1170. The van der Waals surface area contributed by atoms with Gasteiger partial charge in [0.1, 0.15) is 0 Å². The highest BCUT2D eigenvalue weighted by atomic mass is 16.2. The molecule has 0 unspecified atom stereocenters. The first-order valence-electron chi connectivity index (χ1n) is 10.4. The third-order valence-corrected chi connectivity index (χ3v) is 6.02. The molecule has 1 fully saturated rings. The molecule has 3 heterocycles. The van der Waals surface area contributed by atoms with E-state index in [1.807, 2.05) is 19.3 Å². The smallest absolute Gasteiger partial charge is 0.272 e. The van der Waals surface area contributed by atoms with E-state index in [-0.39, 0.29) is 11.8 Å². The quantitative estimate of drug-likeness (QED) is 0.619. The van der Waals surface area contributed by atoms with Crippen molar-refractivity contribution in [2.24, 2.45) is 18.1 Å². The first-order valence-corrected chi connectivity index (χ1v) is 10.4. The normalized spacial score (nSPS) is 16.5.